The second-order valence-electron chi connectivity index (χ2n) is 3.21. The number of nitrogens with one attached hydrogen (secondary N) is 1. The molecule has 16 heavy (non-hydrogen) atoms. The van der Waals surface area contributed by atoms with E-state index in [4.69, 9.17) is 23.8 Å². The van der Waals surface area contributed by atoms with E-state index in [0.29, 0.717) is 9.79 Å². The molecule has 0 aliphatic heterocycles. The first-order chi connectivity index (χ1) is 7.65. The Morgan fingerprint density at radius 1 is 1.56 bits per heavy atom. The fraction of sp³-hybridized carbons (Fsp3) is 0.200. The van der Waals surface area contributed by atoms with Gasteiger partial charge in [-0.25, -0.2) is 0 Å². The first-order valence-corrected chi connectivity index (χ1v) is 6.33. The van der Waals surface area contributed by atoms with Crippen molar-refractivity contribution in [1.29, 1.82) is 0 Å². The summed E-state index contributed by atoms with van der Waals surface area (Å²) in [7, 11) is 0. The lowest BCUT2D eigenvalue weighted by Crippen LogP contribution is -2.01. The predicted octanol–water partition coefficient (Wildman–Crippen LogP) is 3.91. The van der Waals surface area contributed by atoms with Gasteiger partial charge in [-0.1, -0.05) is 24.6 Å². The van der Waals surface area contributed by atoms with E-state index in [2.05, 4.69) is 26.1 Å². The van der Waals surface area contributed by atoms with Gasteiger partial charge < -0.3 is 0 Å². The van der Waals surface area contributed by atoms with Crippen molar-refractivity contribution >= 4 is 39.7 Å². The van der Waals surface area contributed by atoms with Crippen molar-refractivity contribution in [3.63, 3.8) is 0 Å². The van der Waals surface area contributed by atoms with E-state index < -0.39 is 0 Å². The highest BCUT2D eigenvalue weighted by atomic mass is 79.9. The molecular weight excluding hydrogens is 310 g/mol. The average molecular weight is 319 g/mol. The van der Waals surface area contributed by atoms with Gasteiger partial charge in [0.05, 0.1) is 15.2 Å². The third-order valence-corrected chi connectivity index (χ3v) is 3.88. The fourth-order valence-electron chi connectivity index (χ4n) is 1.48. The van der Waals surface area contributed by atoms with Gasteiger partial charge in [0.2, 0.25) is 0 Å². The van der Waals surface area contributed by atoms with Crippen LogP contribution >= 0.6 is 39.7 Å². The summed E-state index contributed by atoms with van der Waals surface area (Å²) in [6.45, 7) is 2.03. The minimum atomic E-state index is 0.569. The van der Waals surface area contributed by atoms with Gasteiger partial charge in [-0.2, -0.15) is 5.10 Å². The number of nitrogens with zero attached hydrogens (tertiary/aromatic N) is 2. The van der Waals surface area contributed by atoms with Crippen molar-refractivity contribution in [3.8, 4) is 5.69 Å². The zero-order chi connectivity index (χ0) is 11.7. The van der Waals surface area contributed by atoms with Gasteiger partial charge in [0.15, 0.2) is 4.77 Å². The molecule has 1 aromatic carbocycles. The predicted molar refractivity (Wildman–Crippen MR) is 70.8 cm³/mol. The number of hydrogen-bond donors (Lipinski definition) is 1. The van der Waals surface area contributed by atoms with Crippen LogP contribution in [0.3, 0.4) is 0 Å². The molecule has 0 amide bonds. The standard InChI is InChI=1S/C10H9BrClN3S/c1-2-8-13-14-10(16)15(8)7-5-3-4-6(12)9(7)11/h3-5H,2H2,1H3,(H,14,16). The molecule has 2 aromatic rings. The fourth-order valence-corrected chi connectivity index (χ4v) is 2.34. The number of hydrogen-bond acceptors (Lipinski definition) is 2. The highest BCUT2D eigenvalue weighted by Gasteiger charge is 2.11. The molecule has 0 bridgehead atoms. The highest BCUT2D eigenvalue weighted by molar-refractivity contribution is 9.10. The van der Waals surface area contributed by atoms with Gasteiger partial charge in [-0.15, -0.1) is 0 Å². The molecule has 0 spiro atoms. The van der Waals surface area contributed by atoms with E-state index in [1.807, 2.05) is 29.7 Å². The van der Waals surface area contributed by atoms with Crippen molar-refractivity contribution in [2.75, 3.05) is 0 Å². The molecule has 0 unspecified atom stereocenters. The molecule has 1 N–H and O–H groups in total. The lowest BCUT2D eigenvalue weighted by molar-refractivity contribution is 0.877. The molecule has 0 aliphatic carbocycles. The number of aromatic nitrogens is 3. The summed E-state index contributed by atoms with van der Waals surface area (Å²) in [4.78, 5) is 0. The topological polar surface area (TPSA) is 33.6 Å². The third kappa shape index (κ3) is 1.95. The van der Waals surface area contributed by atoms with Crippen molar-refractivity contribution in [1.82, 2.24) is 14.8 Å². The van der Waals surface area contributed by atoms with Crippen molar-refractivity contribution in [2.45, 2.75) is 13.3 Å². The molecule has 3 nitrogen and oxygen atoms in total. The smallest absolute Gasteiger partial charge is 0.199 e. The summed E-state index contributed by atoms with van der Waals surface area (Å²) in [5.41, 5.74) is 0.906. The van der Waals surface area contributed by atoms with Gasteiger partial charge in [0.1, 0.15) is 5.82 Å². The van der Waals surface area contributed by atoms with Crippen LogP contribution in [0.1, 0.15) is 12.7 Å². The largest absolute Gasteiger partial charge is 0.271 e. The SMILES string of the molecule is CCc1n[nH]c(=S)n1-c1cccc(Cl)c1Br. The Morgan fingerprint density at radius 3 is 3.00 bits per heavy atom. The minimum absolute atomic E-state index is 0.569. The lowest BCUT2D eigenvalue weighted by Gasteiger charge is -2.08. The number of halogens is 2. The summed E-state index contributed by atoms with van der Waals surface area (Å²) in [6.07, 6.45) is 0.798. The van der Waals surface area contributed by atoms with E-state index in [0.717, 1.165) is 22.4 Å². The van der Waals surface area contributed by atoms with Crippen LogP contribution < -0.4 is 0 Å². The van der Waals surface area contributed by atoms with E-state index in [1.165, 1.54) is 0 Å². The van der Waals surface area contributed by atoms with Crippen LogP contribution in [0, 0.1) is 4.77 Å². The third-order valence-electron chi connectivity index (χ3n) is 2.23. The van der Waals surface area contributed by atoms with Gasteiger partial charge in [0.25, 0.3) is 0 Å². The molecule has 1 heterocycles. The molecule has 2 rings (SSSR count). The molecule has 0 radical (unpaired) electrons. The summed E-state index contributed by atoms with van der Waals surface area (Å²) < 4.78 is 3.27. The zero-order valence-corrected chi connectivity index (χ0v) is 11.7. The first-order valence-electron chi connectivity index (χ1n) is 4.75. The maximum Gasteiger partial charge on any atom is 0.199 e. The van der Waals surface area contributed by atoms with E-state index in [-0.39, 0.29) is 0 Å². The molecule has 0 aliphatic rings. The normalized spacial score (nSPS) is 10.7. The Bertz CT molecular complexity index is 576. The van der Waals surface area contributed by atoms with E-state index in [1.54, 1.807) is 0 Å². The first kappa shape index (κ1) is 11.8. The maximum atomic E-state index is 6.05. The Hall–Kier alpha value is -0.650. The number of H-pyrrole nitrogens is 1. The van der Waals surface area contributed by atoms with Crippen LogP contribution in [-0.4, -0.2) is 14.8 Å². The van der Waals surface area contributed by atoms with Crippen LogP contribution in [0.2, 0.25) is 5.02 Å². The van der Waals surface area contributed by atoms with Gasteiger partial charge in [-0.3, -0.25) is 9.67 Å². The van der Waals surface area contributed by atoms with Gasteiger partial charge in [0, 0.05) is 6.42 Å². The molecular formula is C10H9BrClN3S. The number of benzene rings is 1. The number of rotatable bonds is 2. The van der Waals surface area contributed by atoms with Crippen LogP contribution in [0.15, 0.2) is 22.7 Å². The average Bonchev–Trinajstić information content (AvgIpc) is 2.64. The van der Waals surface area contributed by atoms with Crippen LogP contribution in [0.4, 0.5) is 0 Å². The van der Waals surface area contributed by atoms with Crippen LogP contribution in [-0.2, 0) is 6.42 Å². The molecule has 84 valence electrons. The Labute approximate surface area is 112 Å². The second kappa shape index (κ2) is 4.69. The molecule has 0 saturated heterocycles. The maximum absolute atomic E-state index is 6.05. The molecule has 0 atom stereocenters. The minimum Gasteiger partial charge on any atom is -0.271 e. The van der Waals surface area contributed by atoms with Crippen molar-refractivity contribution < 1.29 is 0 Å². The van der Waals surface area contributed by atoms with Crippen molar-refractivity contribution in [2.24, 2.45) is 0 Å². The Balaban J connectivity index is 2.72. The monoisotopic (exact) mass is 317 g/mol. The van der Waals surface area contributed by atoms with E-state index in [9.17, 15) is 0 Å². The number of aromatic amines is 1. The quantitative estimate of drug-likeness (QED) is 0.852. The van der Waals surface area contributed by atoms with E-state index >= 15 is 0 Å². The summed E-state index contributed by atoms with van der Waals surface area (Å²) in [6, 6.07) is 5.65. The lowest BCUT2D eigenvalue weighted by atomic mass is 10.3. The van der Waals surface area contributed by atoms with Gasteiger partial charge >= 0.3 is 0 Å². The second-order valence-corrected chi connectivity index (χ2v) is 4.79. The summed E-state index contributed by atoms with van der Waals surface area (Å²) in [5, 5.41) is 7.60. The molecule has 6 heteroatoms. The Morgan fingerprint density at radius 2 is 2.31 bits per heavy atom. The highest BCUT2D eigenvalue weighted by Crippen LogP contribution is 2.29. The van der Waals surface area contributed by atoms with Crippen molar-refractivity contribution in [3.05, 3.63) is 38.3 Å². The van der Waals surface area contributed by atoms with Gasteiger partial charge in [-0.05, 0) is 40.3 Å². The summed E-state index contributed by atoms with van der Waals surface area (Å²) >= 11 is 14.7. The summed E-state index contributed by atoms with van der Waals surface area (Å²) in [5.74, 6) is 0.882. The number of aryl methyl sites for hydroxylation is 1. The molecule has 1 aromatic heterocycles. The van der Waals surface area contributed by atoms with Crippen LogP contribution in [0.5, 0.6) is 0 Å². The zero-order valence-electron chi connectivity index (χ0n) is 8.50. The molecule has 0 fully saturated rings. The molecule has 0 saturated carbocycles. The Kier molecular flexibility index (Phi) is 3.47. The van der Waals surface area contributed by atoms with Crippen LogP contribution in [0.25, 0.3) is 5.69 Å².